The van der Waals surface area contributed by atoms with Crippen molar-refractivity contribution < 1.29 is 0 Å². The predicted molar refractivity (Wildman–Crippen MR) is 61.3 cm³/mol. The average molecular weight is 230 g/mol. The third-order valence-corrected chi connectivity index (χ3v) is 3.46. The Hall–Kier alpha value is -1.82. The summed E-state index contributed by atoms with van der Waals surface area (Å²) in [7, 11) is 0. The lowest BCUT2D eigenvalue weighted by atomic mass is 9.73. The van der Waals surface area contributed by atoms with Crippen LogP contribution < -0.4 is 5.32 Å². The van der Waals surface area contributed by atoms with Crippen molar-refractivity contribution in [3.8, 4) is 0 Å². The summed E-state index contributed by atoms with van der Waals surface area (Å²) in [6.07, 6.45) is 5.60. The summed E-state index contributed by atoms with van der Waals surface area (Å²) in [4.78, 5) is 4.07. The minimum Gasteiger partial charge on any atom is -0.317 e. The molecule has 3 rings (SSSR count). The van der Waals surface area contributed by atoms with Crippen LogP contribution in [-0.2, 0) is 5.41 Å². The molecule has 0 aliphatic carbocycles. The molecule has 6 nitrogen and oxygen atoms in total. The van der Waals surface area contributed by atoms with E-state index in [1.165, 1.54) is 5.56 Å². The second-order valence-corrected chi connectivity index (χ2v) is 4.30. The van der Waals surface area contributed by atoms with E-state index in [0.29, 0.717) is 0 Å². The van der Waals surface area contributed by atoms with E-state index in [4.69, 9.17) is 0 Å². The van der Waals surface area contributed by atoms with Gasteiger partial charge in [-0.1, -0.05) is 5.21 Å². The zero-order chi connectivity index (χ0) is 11.6. The summed E-state index contributed by atoms with van der Waals surface area (Å²) in [6.45, 7) is 1.94. The molecule has 3 heterocycles. The minimum absolute atomic E-state index is 0.124. The SMILES string of the molecule is c1cc(C2(c3nn[nH]n3)CCNCC2)ccn1. The van der Waals surface area contributed by atoms with Crippen LogP contribution in [0.5, 0.6) is 0 Å². The third-order valence-electron chi connectivity index (χ3n) is 3.46. The van der Waals surface area contributed by atoms with E-state index in [2.05, 4.69) is 30.9 Å². The molecule has 1 fully saturated rings. The van der Waals surface area contributed by atoms with E-state index in [1.54, 1.807) is 0 Å². The van der Waals surface area contributed by atoms with E-state index in [-0.39, 0.29) is 5.41 Å². The molecule has 0 saturated carbocycles. The van der Waals surface area contributed by atoms with Crippen molar-refractivity contribution in [2.45, 2.75) is 18.3 Å². The van der Waals surface area contributed by atoms with Gasteiger partial charge >= 0.3 is 0 Å². The molecular formula is C11H14N6. The lowest BCUT2D eigenvalue weighted by Gasteiger charge is -2.35. The van der Waals surface area contributed by atoms with Crippen LogP contribution in [0, 0.1) is 0 Å². The topological polar surface area (TPSA) is 79.4 Å². The molecule has 6 heteroatoms. The van der Waals surface area contributed by atoms with Crippen molar-refractivity contribution in [2.75, 3.05) is 13.1 Å². The summed E-state index contributed by atoms with van der Waals surface area (Å²) in [5.41, 5.74) is 1.09. The Labute approximate surface area is 98.9 Å². The standard InChI is InChI=1S/C11H14N6/c1-5-12-6-2-9(1)11(3-7-13-8-4-11)10-14-16-17-15-10/h1-2,5-6,13H,3-4,7-8H2,(H,14,15,16,17). The van der Waals surface area contributed by atoms with Crippen LogP contribution in [0.1, 0.15) is 24.2 Å². The summed E-state index contributed by atoms with van der Waals surface area (Å²) >= 11 is 0. The molecule has 0 bridgehead atoms. The molecule has 88 valence electrons. The largest absolute Gasteiger partial charge is 0.317 e. The second kappa shape index (κ2) is 4.21. The summed E-state index contributed by atoms with van der Waals surface area (Å²) < 4.78 is 0. The predicted octanol–water partition coefficient (Wildman–Crippen LogP) is 0.264. The zero-order valence-electron chi connectivity index (χ0n) is 9.43. The summed E-state index contributed by atoms with van der Waals surface area (Å²) in [5, 5.41) is 18.0. The van der Waals surface area contributed by atoms with Gasteiger partial charge in [-0.05, 0) is 43.6 Å². The Morgan fingerprint density at radius 1 is 1.12 bits per heavy atom. The number of aromatic nitrogens is 5. The molecule has 0 spiro atoms. The molecule has 0 atom stereocenters. The fourth-order valence-electron chi connectivity index (χ4n) is 2.53. The number of hydrogen-bond acceptors (Lipinski definition) is 5. The Kier molecular flexibility index (Phi) is 2.56. The highest BCUT2D eigenvalue weighted by molar-refractivity contribution is 5.31. The highest BCUT2D eigenvalue weighted by Crippen LogP contribution is 2.37. The van der Waals surface area contributed by atoms with Crippen molar-refractivity contribution in [3.63, 3.8) is 0 Å². The number of aromatic amines is 1. The fraction of sp³-hybridized carbons (Fsp3) is 0.455. The molecule has 2 N–H and O–H groups in total. The Morgan fingerprint density at radius 3 is 2.53 bits per heavy atom. The number of H-pyrrole nitrogens is 1. The minimum atomic E-state index is -0.124. The number of hydrogen-bond donors (Lipinski definition) is 2. The smallest absolute Gasteiger partial charge is 0.185 e. The average Bonchev–Trinajstić information content (AvgIpc) is 2.95. The highest BCUT2D eigenvalue weighted by Gasteiger charge is 2.39. The van der Waals surface area contributed by atoms with Crippen molar-refractivity contribution in [1.29, 1.82) is 0 Å². The molecule has 1 aliphatic heterocycles. The van der Waals surface area contributed by atoms with E-state index >= 15 is 0 Å². The first-order valence-corrected chi connectivity index (χ1v) is 5.77. The van der Waals surface area contributed by atoms with E-state index < -0.39 is 0 Å². The number of rotatable bonds is 2. The number of tetrazole rings is 1. The molecule has 0 aromatic carbocycles. The van der Waals surface area contributed by atoms with Gasteiger partial charge in [-0.25, -0.2) is 0 Å². The Bertz CT molecular complexity index is 460. The van der Waals surface area contributed by atoms with Gasteiger partial charge in [0.15, 0.2) is 5.82 Å². The van der Waals surface area contributed by atoms with Gasteiger partial charge in [-0.15, -0.1) is 10.2 Å². The third kappa shape index (κ3) is 1.70. The molecule has 2 aromatic heterocycles. The van der Waals surface area contributed by atoms with Crippen molar-refractivity contribution in [1.82, 2.24) is 30.9 Å². The number of pyridine rings is 1. The number of nitrogens with one attached hydrogen (secondary N) is 2. The van der Waals surface area contributed by atoms with E-state index in [0.717, 1.165) is 31.8 Å². The maximum absolute atomic E-state index is 4.19. The van der Waals surface area contributed by atoms with Crippen LogP contribution in [0.4, 0.5) is 0 Å². The zero-order valence-corrected chi connectivity index (χ0v) is 9.43. The van der Waals surface area contributed by atoms with Gasteiger partial charge in [0.1, 0.15) is 0 Å². The second-order valence-electron chi connectivity index (χ2n) is 4.30. The first-order valence-electron chi connectivity index (χ1n) is 5.77. The van der Waals surface area contributed by atoms with Crippen LogP contribution in [0.3, 0.4) is 0 Å². The summed E-state index contributed by atoms with van der Waals surface area (Å²) in [6, 6.07) is 4.09. The van der Waals surface area contributed by atoms with Crippen LogP contribution in [0.25, 0.3) is 0 Å². The van der Waals surface area contributed by atoms with Crippen molar-refractivity contribution >= 4 is 0 Å². The van der Waals surface area contributed by atoms with Crippen molar-refractivity contribution in [2.24, 2.45) is 0 Å². The molecule has 17 heavy (non-hydrogen) atoms. The van der Waals surface area contributed by atoms with Gasteiger partial charge in [0.25, 0.3) is 0 Å². The maximum Gasteiger partial charge on any atom is 0.185 e. The number of nitrogens with zero attached hydrogens (tertiary/aromatic N) is 4. The Morgan fingerprint density at radius 2 is 1.88 bits per heavy atom. The summed E-state index contributed by atoms with van der Waals surface area (Å²) in [5.74, 6) is 0.783. The lowest BCUT2D eigenvalue weighted by molar-refractivity contribution is 0.345. The lowest BCUT2D eigenvalue weighted by Crippen LogP contribution is -2.41. The van der Waals surface area contributed by atoms with Crippen LogP contribution in [0.2, 0.25) is 0 Å². The highest BCUT2D eigenvalue weighted by atomic mass is 15.5. The molecule has 1 aliphatic rings. The van der Waals surface area contributed by atoms with Crippen LogP contribution in [0.15, 0.2) is 24.5 Å². The monoisotopic (exact) mass is 230 g/mol. The number of piperidine rings is 1. The molecular weight excluding hydrogens is 216 g/mol. The van der Waals surface area contributed by atoms with Crippen molar-refractivity contribution in [3.05, 3.63) is 35.9 Å². The van der Waals surface area contributed by atoms with Crippen LogP contribution in [-0.4, -0.2) is 38.7 Å². The fourth-order valence-corrected chi connectivity index (χ4v) is 2.53. The first kappa shape index (κ1) is 10.3. The van der Waals surface area contributed by atoms with Gasteiger partial charge in [-0.3, -0.25) is 4.98 Å². The molecule has 1 saturated heterocycles. The van der Waals surface area contributed by atoms with Crippen LogP contribution >= 0.6 is 0 Å². The Balaban J connectivity index is 2.08. The van der Waals surface area contributed by atoms with Gasteiger partial charge in [0, 0.05) is 12.4 Å². The van der Waals surface area contributed by atoms with E-state index in [1.807, 2.05) is 24.5 Å². The molecule has 0 radical (unpaired) electrons. The molecule has 0 unspecified atom stereocenters. The molecule has 0 amide bonds. The van der Waals surface area contributed by atoms with Gasteiger partial charge in [0.2, 0.25) is 0 Å². The molecule has 2 aromatic rings. The van der Waals surface area contributed by atoms with E-state index in [9.17, 15) is 0 Å². The normalized spacial score (nSPS) is 19.1. The van der Waals surface area contributed by atoms with Gasteiger partial charge in [0.05, 0.1) is 5.41 Å². The first-order chi connectivity index (χ1) is 8.42. The maximum atomic E-state index is 4.19. The quantitative estimate of drug-likeness (QED) is 0.774. The van der Waals surface area contributed by atoms with Gasteiger partial charge < -0.3 is 5.32 Å². The van der Waals surface area contributed by atoms with Gasteiger partial charge in [-0.2, -0.15) is 5.21 Å².